The van der Waals surface area contributed by atoms with E-state index in [1.807, 2.05) is 6.07 Å². The van der Waals surface area contributed by atoms with Crippen molar-refractivity contribution in [2.75, 3.05) is 16.8 Å². The fraction of sp³-hybridized carbons (Fsp3) is 0.316. The third-order valence-corrected chi connectivity index (χ3v) is 4.94. The quantitative estimate of drug-likeness (QED) is 0.945. The number of rotatable bonds is 3. The lowest BCUT2D eigenvalue weighted by molar-refractivity contribution is -0.123. The minimum absolute atomic E-state index is 0.0220. The summed E-state index contributed by atoms with van der Waals surface area (Å²) in [6.45, 7) is 0.0880. The molecule has 2 aliphatic rings. The smallest absolute Gasteiger partial charge is 0.244 e. The van der Waals surface area contributed by atoms with Gasteiger partial charge in [-0.05, 0) is 36.3 Å². The molecule has 0 atom stereocenters. The molecule has 24 heavy (non-hydrogen) atoms. The predicted octanol–water partition coefficient (Wildman–Crippen LogP) is 2.95. The first-order valence-corrected chi connectivity index (χ1v) is 8.30. The number of amides is 2. The highest BCUT2D eigenvalue weighted by atomic mass is 16.2. The molecule has 122 valence electrons. The Bertz CT molecular complexity index is 769. The van der Waals surface area contributed by atoms with Gasteiger partial charge in [0.2, 0.25) is 11.8 Å². The highest BCUT2D eigenvalue weighted by molar-refractivity contribution is 6.09. The van der Waals surface area contributed by atoms with Crippen LogP contribution >= 0.6 is 0 Å². The molecular formula is C19H19N3O2. The van der Waals surface area contributed by atoms with Crippen LogP contribution in [0.4, 0.5) is 11.4 Å². The van der Waals surface area contributed by atoms with E-state index in [0.717, 1.165) is 18.5 Å². The van der Waals surface area contributed by atoms with Gasteiger partial charge in [-0.2, -0.15) is 0 Å². The Balaban J connectivity index is 1.40. The highest BCUT2D eigenvalue weighted by Gasteiger charge is 2.34. The van der Waals surface area contributed by atoms with Crippen LogP contribution in [-0.4, -0.2) is 23.3 Å². The fourth-order valence-electron chi connectivity index (χ4n) is 3.62. The van der Waals surface area contributed by atoms with Crippen molar-refractivity contribution in [2.24, 2.45) is 5.92 Å². The fourth-order valence-corrected chi connectivity index (χ4v) is 3.62. The Morgan fingerprint density at radius 2 is 2.00 bits per heavy atom. The van der Waals surface area contributed by atoms with Crippen molar-refractivity contribution in [1.29, 1.82) is 0 Å². The molecule has 0 spiro atoms. The maximum absolute atomic E-state index is 12.7. The third-order valence-electron chi connectivity index (χ3n) is 4.94. The van der Waals surface area contributed by atoms with E-state index < -0.39 is 0 Å². The molecule has 2 heterocycles. The minimum atomic E-state index is -0.167. The maximum atomic E-state index is 12.7. The Hall–Kier alpha value is -2.69. The van der Waals surface area contributed by atoms with Gasteiger partial charge >= 0.3 is 0 Å². The second kappa shape index (κ2) is 6.07. The molecule has 1 aliphatic carbocycles. The van der Waals surface area contributed by atoms with E-state index in [2.05, 4.69) is 34.6 Å². The van der Waals surface area contributed by atoms with Gasteiger partial charge in [0.15, 0.2) is 0 Å². The molecule has 1 aromatic heterocycles. The monoisotopic (exact) mass is 321 g/mol. The van der Waals surface area contributed by atoms with E-state index in [-0.39, 0.29) is 18.4 Å². The Morgan fingerprint density at radius 3 is 2.79 bits per heavy atom. The summed E-state index contributed by atoms with van der Waals surface area (Å²) in [5, 5.41) is 2.76. The van der Waals surface area contributed by atoms with Gasteiger partial charge in [-0.1, -0.05) is 30.3 Å². The van der Waals surface area contributed by atoms with Crippen LogP contribution in [0.15, 0.2) is 48.8 Å². The molecule has 1 aromatic carbocycles. The lowest BCUT2D eigenvalue weighted by Gasteiger charge is -2.37. The van der Waals surface area contributed by atoms with Gasteiger partial charge in [-0.3, -0.25) is 14.6 Å². The average molecular weight is 321 g/mol. The van der Waals surface area contributed by atoms with Gasteiger partial charge in [0.05, 0.1) is 17.6 Å². The van der Waals surface area contributed by atoms with E-state index >= 15 is 0 Å². The van der Waals surface area contributed by atoms with Crippen LogP contribution in [0.1, 0.15) is 30.7 Å². The second-order valence-corrected chi connectivity index (χ2v) is 6.57. The lowest BCUT2D eigenvalue weighted by Crippen LogP contribution is -2.43. The topological polar surface area (TPSA) is 62.3 Å². The number of benzene rings is 1. The molecule has 1 fully saturated rings. The number of nitrogens with zero attached hydrogens (tertiary/aromatic N) is 2. The number of anilines is 2. The van der Waals surface area contributed by atoms with Crippen LogP contribution in [0.2, 0.25) is 0 Å². The molecule has 0 unspecified atom stereocenters. The Kier molecular flexibility index (Phi) is 3.76. The summed E-state index contributed by atoms with van der Waals surface area (Å²) in [6.07, 6.45) is 5.81. The van der Waals surface area contributed by atoms with Crippen molar-refractivity contribution in [3.05, 3.63) is 54.4 Å². The van der Waals surface area contributed by atoms with Crippen LogP contribution in [0.25, 0.3) is 0 Å². The molecule has 0 saturated heterocycles. The van der Waals surface area contributed by atoms with Gasteiger partial charge < -0.3 is 10.2 Å². The number of pyridine rings is 1. The zero-order valence-electron chi connectivity index (χ0n) is 13.3. The average Bonchev–Trinajstić information content (AvgIpc) is 2.57. The van der Waals surface area contributed by atoms with Gasteiger partial charge in [0.1, 0.15) is 6.54 Å². The number of carbonyl (C=O) groups excluding carboxylic acids is 2. The zero-order chi connectivity index (χ0) is 16.5. The summed E-state index contributed by atoms with van der Waals surface area (Å²) < 4.78 is 0. The van der Waals surface area contributed by atoms with Gasteiger partial charge in [0, 0.05) is 12.6 Å². The highest BCUT2D eigenvalue weighted by Crippen LogP contribution is 2.43. The number of hydrogen-bond donors (Lipinski definition) is 1. The van der Waals surface area contributed by atoms with Gasteiger partial charge in [-0.15, -0.1) is 0 Å². The molecule has 1 saturated carbocycles. The van der Waals surface area contributed by atoms with Gasteiger partial charge in [0.25, 0.3) is 0 Å². The van der Waals surface area contributed by atoms with Crippen molar-refractivity contribution < 1.29 is 9.59 Å². The SMILES string of the molecule is O=C1CN(C(=O)CC2CC(c3ccccc3)C2)c2ccncc2N1. The maximum Gasteiger partial charge on any atom is 0.244 e. The summed E-state index contributed by atoms with van der Waals surface area (Å²) in [5.74, 6) is 0.816. The normalized spacial score (nSPS) is 22.3. The first kappa shape index (κ1) is 14.9. The molecule has 4 rings (SSSR count). The van der Waals surface area contributed by atoms with E-state index in [0.29, 0.717) is 23.9 Å². The van der Waals surface area contributed by atoms with Crippen molar-refractivity contribution >= 4 is 23.2 Å². The predicted molar refractivity (Wildman–Crippen MR) is 91.7 cm³/mol. The first-order valence-electron chi connectivity index (χ1n) is 8.30. The molecule has 0 radical (unpaired) electrons. The van der Waals surface area contributed by atoms with Crippen molar-refractivity contribution in [1.82, 2.24) is 4.98 Å². The number of fused-ring (bicyclic) bond motifs is 1. The molecule has 5 heteroatoms. The number of nitrogens with one attached hydrogen (secondary N) is 1. The summed E-state index contributed by atoms with van der Waals surface area (Å²) in [5.41, 5.74) is 2.71. The molecule has 5 nitrogen and oxygen atoms in total. The zero-order valence-corrected chi connectivity index (χ0v) is 13.3. The number of hydrogen-bond acceptors (Lipinski definition) is 3. The Labute approximate surface area is 140 Å². The number of aromatic nitrogens is 1. The van der Waals surface area contributed by atoms with E-state index in [1.165, 1.54) is 5.56 Å². The molecule has 0 bridgehead atoms. The summed E-state index contributed by atoms with van der Waals surface area (Å²) in [7, 11) is 0. The first-order chi connectivity index (χ1) is 11.7. The van der Waals surface area contributed by atoms with E-state index in [1.54, 1.807) is 23.4 Å². The van der Waals surface area contributed by atoms with Gasteiger partial charge in [-0.25, -0.2) is 0 Å². The standard InChI is InChI=1S/C19H19N3O2/c23-18-12-22(17-6-7-20-11-16(17)21-18)19(24)10-13-8-15(9-13)14-4-2-1-3-5-14/h1-7,11,13,15H,8-10,12H2,(H,21,23). The van der Waals surface area contributed by atoms with Crippen LogP contribution < -0.4 is 10.2 Å². The lowest BCUT2D eigenvalue weighted by atomic mass is 9.70. The second-order valence-electron chi connectivity index (χ2n) is 6.57. The van der Waals surface area contributed by atoms with Crippen LogP contribution in [0, 0.1) is 5.92 Å². The third kappa shape index (κ3) is 2.77. The summed E-state index contributed by atoms with van der Waals surface area (Å²) in [4.78, 5) is 30.1. The molecular weight excluding hydrogens is 302 g/mol. The van der Waals surface area contributed by atoms with E-state index in [4.69, 9.17) is 0 Å². The summed E-state index contributed by atoms with van der Waals surface area (Å²) in [6, 6.07) is 12.2. The van der Waals surface area contributed by atoms with Crippen molar-refractivity contribution in [2.45, 2.75) is 25.2 Å². The van der Waals surface area contributed by atoms with E-state index in [9.17, 15) is 9.59 Å². The van der Waals surface area contributed by atoms with Crippen LogP contribution in [0.5, 0.6) is 0 Å². The van der Waals surface area contributed by atoms with Crippen LogP contribution in [-0.2, 0) is 9.59 Å². The molecule has 2 aromatic rings. The molecule has 1 N–H and O–H groups in total. The van der Waals surface area contributed by atoms with Crippen molar-refractivity contribution in [3.8, 4) is 0 Å². The van der Waals surface area contributed by atoms with Crippen LogP contribution in [0.3, 0.4) is 0 Å². The Morgan fingerprint density at radius 1 is 1.21 bits per heavy atom. The van der Waals surface area contributed by atoms with Crippen molar-refractivity contribution in [3.63, 3.8) is 0 Å². The molecule has 1 aliphatic heterocycles. The summed E-state index contributed by atoms with van der Waals surface area (Å²) >= 11 is 0. The molecule has 2 amide bonds. The largest absolute Gasteiger partial charge is 0.321 e. The number of carbonyl (C=O) groups is 2. The minimum Gasteiger partial charge on any atom is -0.321 e.